The fourth-order valence-electron chi connectivity index (χ4n) is 2.58. The summed E-state index contributed by atoms with van der Waals surface area (Å²) >= 11 is 5.96. The highest BCUT2D eigenvalue weighted by Gasteiger charge is 2.35. The first-order valence-corrected chi connectivity index (χ1v) is 7.17. The molecule has 1 N–H and O–H groups in total. The van der Waals surface area contributed by atoms with Gasteiger partial charge in [-0.25, -0.2) is 4.79 Å². The maximum atomic E-state index is 12.7. The molecule has 0 spiro atoms. The predicted octanol–water partition coefficient (Wildman–Crippen LogP) is 2.32. The number of fused-ring (bicyclic) bond motifs is 1. The molecule has 7 heteroatoms. The minimum absolute atomic E-state index is 0.0216. The highest BCUT2D eigenvalue weighted by molar-refractivity contribution is 6.31. The van der Waals surface area contributed by atoms with Crippen molar-refractivity contribution in [1.82, 2.24) is 4.90 Å². The summed E-state index contributed by atoms with van der Waals surface area (Å²) in [4.78, 5) is 25.2. The third-order valence-corrected chi connectivity index (χ3v) is 4.00. The van der Waals surface area contributed by atoms with Gasteiger partial charge >= 0.3 is 5.97 Å². The molecule has 1 amide bonds. The predicted molar refractivity (Wildman–Crippen MR) is 79.2 cm³/mol. The van der Waals surface area contributed by atoms with Gasteiger partial charge in [0.15, 0.2) is 11.8 Å². The average Bonchev–Trinajstić information content (AvgIpc) is 2.83. The fraction of sp³-hybridized carbons (Fsp3) is 0.333. The van der Waals surface area contributed by atoms with Crippen LogP contribution in [0.5, 0.6) is 0 Å². The van der Waals surface area contributed by atoms with Crippen LogP contribution in [0.15, 0.2) is 22.6 Å². The number of furan rings is 1. The van der Waals surface area contributed by atoms with E-state index in [1.54, 1.807) is 25.1 Å². The van der Waals surface area contributed by atoms with Gasteiger partial charge in [-0.1, -0.05) is 11.6 Å². The van der Waals surface area contributed by atoms with Crippen molar-refractivity contribution in [3.05, 3.63) is 34.5 Å². The van der Waals surface area contributed by atoms with Gasteiger partial charge in [0.05, 0.1) is 13.2 Å². The van der Waals surface area contributed by atoms with Crippen LogP contribution in [0.2, 0.25) is 5.02 Å². The van der Waals surface area contributed by atoms with Gasteiger partial charge in [-0.3, -0.25) is 4.79 Å². The van der Waals surface area contributed by atoms with Crippen LogP contribution in [-0.2, 0) is 9.53 Å². The Morgan fingerprint density at radius 1 is 1.41 bits per heavy atom. The molecule has 0 radical (unpaired) electrons. The molecule has 1 aliphatic rings. The van der Waals surface area contributed by atoms with Gasteiger partial charge in [-0.15, -0.1) is 0 Å². The van der Waals surface area contributed by atoms with Crippen LogP contribution in [0.1, 0.15) is 16.1 Å². The van der Waals surface area contributed by atoms with Gasteiger partial charge in [0.2, 0.25) is 0 Å². The van der Waals surface area contributed by atoms with E-state index in [9.17, 15) is 14.7 Å². The lowest BCUT2D eigenvalue weighted by Gasteiger charge is -2.32. The van der Waals surface area contributed by atoms with E-state index in [2.05, 4.69) is 0 Å². The normalized spacial score (nSPS) is 18.6. The van der Waals surface area contributed by atoms with E-state index in [1.165, 1.54) is 4.90 Å². The number of rotatable bonds is 2. The zero-order chi connectivity index (χ0) is 15.9. The fourth-order valence-corrected chi connectivity index (χ4v) is 2.75. The van der Waals surface area contributed by atoms with Crippen molar-refractivity contribution in [1.29, 1.82) is 0 Å². The van der Waals surface area contributed by atoms with E-state index in [1.807, 2.05) is 0 Å². The Balaban J connectivity index is 2.01. The van der Waals surface area contributed by atoms with Crippen LogP contribution < -0.4 is 0 Å². The van der Waals surface area contributed by atoms with Crippen molar-refractivity contribution in [2.45, 2.75) is 13.0 Å². The number of amides is 1. The van der Waals surface area contributed by atoms with Crippen molar-refractivity contribution in [2.24, 2.45) is 0 Å². The zero-order valence-electron chi connectivity index (χ0n) is 11.8. The van der Waals surface area contributed by atoms with Gasteiger partial charge in [0.1, 0.15) is 5.58 Å². The standard InChI is InChI=1S/C15H14ClNO5/c1-8-10-6-9(16)2-3-12(10)22-13(8)14(18)17-4-5-21-7-11(17)15(19)20/h2-3,6,11H,4-5,7H2,1H3,(H,19,20)/t11-/m1/s1. The molecule has 1 fully saturated rings. The smallest absolute Gasteiger partial charge is 0.328 e. The molecule has 1 aromatic carbocycles. The molecule has 6 nitrogen and oxygen atoms in total. The summed E-state index contributed by atoms with van der Waals surface area (Å²) < 4.78 is 10.8. The van der Waals surface area contributed by atoms with E-state index in [-0.39, 0.29) is 18.9 Å². The molecule has 0 aliphatic carbocycles. The molecule has 1 atom stereocenters. The number of halogens is 1. The van der Waals surface area contributed by atoms with E-state index >= 15 is 0 Å². The summed E-state index contributed by atoms with van der Waals surface area (Å²) in [6.45, 7) is 2.26. The maximum Gasteiger partial charge on any atom is 0.328 e. The van der Waals surface area contributed by atoms with Crippen LogP contribution in [0, 0.1) is 6.92 Å². The van der Waals surface area contributed by atoms with Crippen LogP contribution in [-0.4, -0.2) is 47.7 Å². The summed E-state index contributed by atoms with van der Waals surface area (Å²) in [5.41, 5.74) is 1.20. The van der Waals surface area contributed by atoms with Gasteiger partial charge in [-0.05, 0) is 25.1 Å². The molecule has 22 heavy (non-hydrogen) atoms. The SMILES string of the molecule is Cc1c(C(=O)N2CCOC[C@@H]2C(=O)O)oc2ccc(Cl)cc12. The van der Waals surface area contributed by atoms with Crippen molar-refractivity contribution in [3.8, 4) is 0 Å². The van der Waals surface area contributed by atoms with Crippen LogP contribution in [0.4, 0.5) is 0 Å². The van der Waals surface area contributed by atoms with E-state index in [4.69, 9.17) is 20.8 Å². The molecule has 1 aliphatic heterocycles. The Morgan fingerprint density at radius 2 is 2.18 bits per heavy atom. The topological polar surface area (TPSA) is 80.0 Å². The number of aliphatic carboxylic acids is 1. The summed E-state index contributed by atoms with van der Waals surface area (Å²) in [5, 5.41) is 10.5. The zero-order valence-corrected chi connectivity index (χ0v) is 12.6. The third kappa shape index (κ3) is 2.44. The number of carbonyl (C=O) groups is 2. The van der Waals surface area contributed by atoms with Gasteiger partial charge in [0.25, 0.3) is 5.91 Å². The number of nitrogens with zero attached hydrogens (tertiary/aromatic N) is 1. The average molecular weight is 324 g/mol. The van der Waals surface area contributed by atoms with Crippen LogP contribution in [0.25, 0.3) is 11.0 Å². The Labute approximate surface area is 131 Å². The minimum Gasteiger partial charge on any atom is -0.480 e. The molecule has 2 aromatic rings. The summed E-state index contributed by atoms with van der Waals surface area (Å²) in [5.74, 6) is -1.39. The Kier molecular flexibility index (Phi) is 3.80. The van der Waals surface area contributed by atoms with Gasteiger partial charge in [-0.2, -0.15) is 0 Å². The quantitative estimate of drug-likeness (QED) is 0.917. The molecule has 116 valence electrons. The molecule has 3 rings (SSSR count). The van der Waals surface area contributed by atoms with E-state index in [0.717, 1.165) is 5.39 Å². The summed E-state index contributed by atoms with van der Waals surface area (Å²) in [6.07, 6.45) is 0. The first-order valence-electron chi connectivity index (χ1n) is 6.79. The second-order valence-corrected chi connectivity index (χ2v) is 5.56. The Hall–Kier alpha value is -2.05. The second-order valence-electron chi connectivity index (χ2n) is 5.12. The Bertz CT molecular complexity index is 754. The number of carboxylic acid groups (broad SMARTS) is 1. The molecule has 2 heterocycles. The highest BCUT2D eigenvalue weighted by Crippen LogP contribution is 2.29. The number of morpholine rings is 1. The molecule has 1 saturated heterocycles. The second kappa shape index (κ2) is 5.62. The number of carbonyl (C=O) groups excluding carboxylic acids is 1. The van der Waals surface area contributed by atoms with E-state index < -0.39 is 17.9 Å². The van der Waals surface area contributed by atoms with Crippen molar-refractivity contribution in [3.63, 3.8) is 0 Å². The molecular formula is C15H14ClNO5. The minimum atomic E-state index is -1.09. The van der Waals surface area contributed by atoms with Gasteiger partial charge < -0.3 is 19.2 Å². The first-order chi connectivity index (χ1) is 10.5. The van der Waals surface area contributed by atoms with Crippen molar-refractivity contribution < 1.29 is 23.8 Å². The lowest BCUT2D eigenvalue weighted by atomic mass is 10.1. The highest BCUT2D eigenvalue weighted by atomic mass is 35.5. The van der Waals surface area contributed by atoms with Crippen LogP contribution in [0.3, 0.4) is 0 Å². The largest absolute Gasteiger partial charge is 0.480 e. The molecule has 0 unspecified atom stereocenters. The number of ether oxygens (including phenoxy) is 1. The number of carboxylic acids is 1. The lowest BCUT2D eigenvalue weighted by Crippen LogP contribution is -2.52. The number of benzene rings is 1. The van der Waals surface area contributed by atoms with Gasteiger partial charge in [0, 0.05) is 22.5 Å². The molecule has 1 aromatic heterocycles. The molecule has 0 bridgehead atoms. The summed E-state index contributed by atoms with van der Waals surface area (Å²) in [6, 6.07) is 4.09. The first kappa shape index (κ1) is 14.9. The lowest BCUT2D eigenvalue weighted by molar-refractivity contribution is -0.147. The van der Waals surface area contributed by atoms with Crippen LogP contribution >= 0.6 is 11.6 Å². The monoisotopic (exact) mass is 323 g/mol. The summed E-state index contributed by atoms with van der Waals surface area (Å²) in [7, 11) is 0. The maximum absolute atomic E-state index is 12.7. The third-order valence-electron chi connectivity index (χ3n) is 3.77. The number of hydrogen-bond donors (Lipinski definition) is 1. The Morgan fingerprint density at radius 3 is 2.91 bits per heavy atom. The van der Waals surface area contributed by atoms with E-state index in [0.29, 0.717) is 22.8 Å². The van der Waals surface area contributed by atoms with Crippen molar-refractivity contribution in [2.75, 3.05) is 19.8 Å². The number of hydrogen-bond acceptors (Lipinski definition) is 4. The number of aryl methyl sites for hydroxylation is 1. The molecular weight excluding hydrogens is 310 g/mol. The van der Waals surface area contributed by atoms with Crippen molar-refractivity contribution >= 4 is 34.4 Å². The molecule has 0 saturated carbocycles.